The van der Waals surface area contributed by atoms with Crippen LogP contribution in [0, 0.1) is 5.92 Å². The van der Waals surface area contributed by atoms with Crippen LogP contribution in [-0.4, -0.2) is 32.5 Å². The van der Waals surface area contributed by atoms with Crippen molar-refractivity contribution in [1.29, 1.82) is 0 Å². The van der Waals surface area contributed by atoms with Crippen LogP contribution in [0.5, 0.6) is 0 Å². The molecule has 1 N–H and O–H groups in total. The van der Waals surface area contributed by atoms with Crippen LogP contribution in [0.2, 0.25) is 0 Å². The number of nitrogens with one attached hydrogen (secondary N) is 1. The Morgan fingerprint density at radius 3 is 2.63 bits per heavy atom. The van der Waals surface area contributed by atoms with Gasteiger partial charge in [0.1, 0.15) is 0 Å². The molecule has 0 aliphatic rings. The molecule has 0 saturated carbocycles. The fourth-order valence-corrected chi connectivity index (χ4v) is 4.14. The van der Waals surface area contributed by atoms with Gasteiger partial charge in [0.15, 0.2) is 9.90 Å². The lowest BCUT2D eigenvalue weighted by Gasteiger charge is -2.15. The van der Waals surface area contributed by atoms with Gasteiger partial charge in [-0.3, -0.25) is 0 Å². The Labute approximate surface area is 117 Å². The van der Waals surface area contributed by atoms with E-state index >= 15 is 0 Å². The first kappa shape index (κ1) is 16.1. The lowest BCUT2D eigenvalue weighted by Crippen LogP contribution is -2.33. The van der Waals surface area contributed by atoms with Crippen molar-refractivity contribution >= 4 is 27.3 Å². The number of methoxy groups -OCH3 is 1. The molecule has 1 heterocycles. The van der Waals surface area contributed by atoms with Gasteiger partial charge >= 0.3 is 5.97 Å². The van der Waals surface area contributed by atoms with E-state index in [-0.39, 0.29) is 15.9 Å². The van der Waals surface area contributed by atoms with Crippen LogP contribution < -0.4 is 4.72 Å². The Morgan fingerprint density at radius 2 is 2.11 bits per heavy atom. The first-order chi connectivity index (χ1) is 8.77. The van der Waals surface area contributed by atoms with Gasteiger partial charge < -0.3 is 4.74 Å². The van der Waals surface area contributed by atoms with Gasteiger partial charge in [0, 0.05) is 6.04 Å². The molecule has 0 aromatic carbocycles. The normalized spacial score (nSPS) is 13.5. The minimum Gasteiger partial charge on any atom is -0.464 e. The highest BCUT2D eigenvalue weighted by molar-refractivity contribution is 7.91. The Hall–Kier alpha value is -0.990. The summed E-state index contributed by atoms with van der Waals surface area (Å²) in [6.07, 6.45) is 0.714. The van der Waals surface area contributed by atoms with Crippen molar-refractivity contribution in [3.8, 4) is 0 Å². The van der Waals surface area contributed by atoms with E-state index in [2.05, 4.69) is 14.4 Å². The summed E-state index contributed by atoms with van der Waals surface area (Å²) in [5.41, 5.74) is 1.14. The molecule has 0 bridgehead atoms. The molecule has 0 spiro atoms. The Kier molecular flexibility index (Phi) is 5.45. The molecular formula is C11H18N2O4S2. The largest absolute Gasteiger partial charge is 0.464 e. The monoisotopic (exact) mass is 306 g/mol. The maximum atomic E-state index is 12.2. The molecule has 8 heteroatoms. The van der Waals surface area contributed by atoms with E-state index in [4.69, 9.17) is 0 Å². The molecule has 0 fully saturated rings. The third-order valence-electron chi connectivity index (χ3n) is 2.34. The summed E-state index contributed by atoms with van der Waals surface area (Å²) in [7, 11) is -2.55. The highest BCUT2D eigenvalue weighted by Gasteiger charge is 2.27. The van der Waals surface area contributed by atoms with Crippen molar-refractivity contribution in [3.05, 3.63) is 11.2 Å². The second-order valence-electron chi connectivity index (χ2n) is 4.63. The van der Waals surface area contributed by atoms with Crippen LogP contribution in [0.3, 0.4) is 0 Å². The maximum Gasteiger partial charge on any atom is 0.358 e. The Bertz CT molecular complexity index is 537. The van der Waals surface area contributed by atoms with Crippen molar-refractivity contribution in [2.75, 3.05) is 7.11 Å². The van der Waals surface area contributed by atoms with Crippen molar-refractivity contribution in [3.63, 3.8) is 0 Å². The van der Waals surface area contributed by atoms with E-state index in [9.17, 15) is 13.2 Å². The second-order valence-corrected chi connectivity index (χ2v) is 7.40. The molecule has 108 valence electrons. The Morgan fingerprint density at radius 1 is 1.47 bits per heavy atom. The average Bonchev–Trinajstić information content (AvgIpc) is 2.75. The van der Waals surface area contributed by atoms with E-state index in [1.807, 2.05) is 13.8 Å². The minimum absolute atomic E-state index is 0.102. The number of ether oxygens (including phenoxy) is 1. The van der Waals surface area contributed by atoms with Gasteiger partial charge in [-0.25, -0.2) is 22.9 Å². The van der Waals surface area contributed by atoms with Crippen LogP contribution in [-0.2, 0) is 14.8 Å². The molecule has 1 rings (SSSR count). The summed E-state index contributed by atoms with van der Waals surface area (Å²) in [6, 6.07) is -0.211. The standard InChI is InChI=1S/C11H18N2O4S2/c1-7(2)5-8(3)13-19(15,16)11-9(10(14)17-4)12-6-18-11/h6-8,13H,5H2,1-4H3. The van der Waals surface area contributed by atoms with E-state index < -0.39 is 16.0 Å². The van der Waals surface area contributed by atoms with Crippen LogP contribution >= 0.6 is 11.3 Å². The molecule has 1 aromatic rings. The highest BCUT2D eigenvalue weighted by atomic mass is 32.2. The molecule has 0 aliphatic carbocycles. The van der Waals surface area contributed by atoms with Crippen molar-refractivity contribution in [1.82, 2.24) is 9.71 Å². The summed E-state index contributed by atoms with van der Waals surface area (Å²) in [6.45, 7) is 5.81. The zero-order valence-corrected chi connectivity index (χ0v) is 13.0. The molecule has 0 aliphatic heterocycles. The van der Waals surface area contributed by atoms with Gasteiger partial charge in [-0.2, -0.15) is 0 Å². The average molecular weight is 306 g/mol. The number of hydrogen-bond acceptors (Lipinski definition) is 6. The quantitative estimate of drug-likeness (QED) is 0.808. The number of hydrogen-bond donors (Lipinski definition) is 1. The van der Waals surface area contributed by atoms with Crippen molar-refractivity contribution in [2.45, 2.75) is 37.4 Å². The van der Waals surface area contributed by atoms with Gasteiger partial charge in [0.2, 0.25) is 0 Å². The molecule has 0 saturated heterocycles. The SMILES string of the molecule is COC(=O)c1ncsc1S(=O)(=O)NC(C)CC(C)C. The topological polar surface area (TPSA) is 85.4 Å². The molecule has 0 amide bonds. The number of sulfonamides is 1. The molecule has 1 unspecified atom stereocenters. The van der Waals surface area contributed by atoms with Gasteiger partial charge in [0.25, 0.3) is 10.0 Å². The van der Waals surface area contributed by atoms with E-state index in [1.54, 1.807) is 6.92 Å². The number of esters is 1. The van der Waals surface area contributed by atoms with E-state index in [1.165, 1.54) is 12.6 Å². The zero-order valence-electron chi connectivity index (χ0n) is 11.3. The summed E-state index contributed by atoms with van der Waals surface area (Å²) in [5.74, 6) is -0.377. The van der Waals surface area contributed by atoms with Gasteiger partial charge in [-0.05, 0) is 19.3 Å². The summed E-state index contributed by atoms with van der Waals surface area (Å²) in [4.78, 5) is 15.2. The predicted octanol–water partition coefficient (Wildman–Crippen LogP) is 1.64. The van der Waals surface area contributed by atoms with Crippen LogP contribution in [0.1, 0.15) is 37.7 Å². The molecule has 0 radical (unpaired) electrons. The lowest BCUT2D eigenvalue weighted by atomic mass is 10.1. The minimum atomic E-state index is -3.74. The zero-order chi connectivity index (χ0) is 14.6. The van der Waals surface area contributed by atoms with Gasteiger partial charge in [-0.15, -0.1) is 11.3 Å². The number of nitrogens with zero attached hydrogens (tertiary/aromatic N) is 1. The highest BCUT2D eigenvalue weighted by Crippen LogP contribution is 2.21. The molecule has 1 aromatic heterocycles. The number of thiazole rings is 1. The molecule has 19 heavy (non-hydrogen) atoms. The predicted molar refractivity (Wildman–Crippen MR) is 72.7 cm³/mol. The lowest BCUT2D eigenvalue weighted by molar-refractivity contribution is 0.0590. The second kappa shape index (κ2) is 6.44. The number of carbonyl (C=O) groups is 1. The fourth-order valence-electron chi connectivity index (χ4n) is 1.73. The fraction of sp³-hybridized carbons (Fsp3) is 0.636. The van der Waals surface area contributed by atoms with Crippen molar-refractivity contribution in [2.24, 2.45) is 5.92 Å². The van der Waals surface area contributed by atoms with E-state index in [0.29, 0.717) is 12.3 Å². The van der Waals surface area contributed by atoms with Gasteiger partial charge in [0.05, 0.1) is 12.6 Å². The van der Waals surface area contributed by atoms with Crippen molar-refractivity contribution < 1.29 is 17.9 Å². The number of aromatic nitrogens is 1. The smallest absolute Gasteiger partial charge is 0.358 e. The molecule has 1 atom stereocenters. The summed E-state index contributed by atoms with van der Waals surface area (Å²) < 4.78 is 31.3. The van der Waals surface area contributed by atoms with Crippen LogP contribution in [0.25, 0.3) is 0 Å². The third kappa shape index (κ3) is 4.26. The van der Waals surface area contributed by atoms with Crippen LogP contribution in [0.15, 0.2) is 9.72 Å². The maximum absolute atomic E-state index is 12.2. The van der Waals surface area contributed by atoms with Gasteiger partial charge in [-0.1, -0.05) is 13.8 Å². The number of carbonyl (C=O) groups excluding carboxylic acids is 1. The first-order valence-corrected chi connectivity index (χ1v) is 8.18. The summed E-state index contributed by atoms with van der Waals surface area (Å²) >= 11 is 0.899. The Balaban J connectivity index is 2.95. The third-order valence-corrected chi connectivity index (χ3v) is 5.30. The first-order valence-electron chi connectivity index (χ1n) is 5.82. The molecule has 6 nitrogen and oxygen atoms in total. The van der Waals surface area contributed by atoms with E-state index in [0.717, 1.165) is 11.3 Å². The molecular weight excluding hydrogens is 288 g/mol. The number of rotatable bonds is 6. The van der Waals surface area contributed by atoms with Crippen LogP contribution in [0.4, 0.5) is 0 Å². The summed E-state index contributed by atoms with van der Waals surface area (Å²) in [5, 5.41) is 0.